The summed E-state index contributed by atoms with van der Waals surface area (Å²) in [6.07, 6.45) is 5.43. The number of amides is 1. The first-order valence-corrected chi connectivity index (χ1v) is 7.30. The van der Waals surface area contributed by atoms with Crippen molar-refractivity contribution in [2.45, 2.75) is 39.0 Å². The standard InChI is InChI=1S/C14H29N3O/c1-13-5-3-10-17(11-6-13)12-7-14(18)16(2)9-4-8-15/h13H,3-12,15H2,1-2H3. The van der Waals surface area contributed by atoms with Crippen LogP contribution >= 0.6 is 0 Å². The van der Waals surface area contributed by atoms with E-state index in [9.17, 15) is 4.79 Å². The number of carbonyl (C=O) groups is 1. The molecule has 0 aromatic carbocycles. The lowest BCUT2D eigenvalue weighted by atomic mass is 10.0. The summed E-state index contributed by atoms with van der Waals surface area (Å²) in [4.78, 5) is 16.2. The Labute approximate surface area is 111 Å². The van der Waals surface area contributed by atoms with Crippen LogP contribution in [0, 0.1) is 5.92 Å². The van der Waals surface area contributed by atoms with Gasteiger partial charge in [0.2, 0.25) is 5.91 Å². The van der Waals surface area contributed by atoms with E-state index in [-0.39, 0.29) is 5.91 Å². The number of nitrogens with zero attached hydrogens (tertiary/aromatic N) is 2. The number of hydrogen-bond donors (Lipinski definition) is 1. The van der Waals surface area contributed by atoms with Gasteiger partial charge < -0.3 is 15.5 Å². The third kappa shape index (κ3) is 5.83. The van der Waals surface area contributed by atoms with E-state index in [0.717, 1.165) is 38.5 Å². The van der Waals surface area contributed by atoms with Crippen LogP contribution in [-0.2, 0) is 4.79 Å². The number of hydrogen-bond acceptors (Lipinski definition) is 3. The lowest BCUT2D eigenvalue weighted by molar-refractivity contribution is -0.130. The Morgan fingerprint density at radius 3 is 2.89 bits per heavy atom. The lowest BCUT2D eigenvalue weighted by Crippen LogP contribution is -2.33. The first kappa shape index (κ1) is 15.4. The molecule has 0 bridgehead atoms. The van der Waals surface area contributed by atoms with Crippen molar-refractivity contribution in [1.29, 1.82) is 0 Å². The minimum Gasteiger partial charge on any atom is -0.346 e. The van der Waals surface area contributed by atoms with Gasteiger partial charge in [0.15, 0.2) is 0 Å². The van der Waals surface area contributed by atoms with Crippen LogP contribution in [0.4, 0.5) is 0 Å². The molecule has 2 N–H and O–H groups in total. The molecule has 1 amide bonds. The van der Waals surface area contributed by atoms with Crippen LogP contribution in [-0.4, -0.2) is 55.5 Å². The van der Waals surface area contributed by atoms with Gasteiger partial charge >= 0.3 is 0 Å². The summed E-state index contributed by atoms with van der Waals surface area (Å²) in [5.41, 5.74) is 5.45. The zero-order valence-electron chi connectivity index (χ0n) is 12.0. The highest BCUT2D eigenvalue weighted by molar-refractivity contribution is 5.76. The predicted octanol–water partition coefficient (Wildman–Crippen LogP) is 1.31. The van der Waals surface area contributed by atoms with Crippen molar-refractivity contribution in [3.63, 3.8) is 0 Å². The molecular weight excluding hydrogens is 226 g/mol. The fourth-order valence-electron chi connectivity index (χ4n) is 2.44. The number of rotatable bonds is 6. The molecule has 1 heterocycles. The maximum atomic E-state index is 11.9. The molecule has 0 saturated carbocycles. The number of likely N-dealkylation sites (tertiary alicyclic amines) is 1. The van der Waals surface area contributed by atoms with Crippen LogP contribution < -0.4 is 5.73 Å². The van der Waals surface area contributed by atoms with E-state index in [4.69, 9.17) is 5.73 Å². The number of carbonyl (C=O) groups excluding carboxylic acids is 1. The fourth-order valence-corrected chi connectivity index (χ4v) is 2.44. The predicted molar refractivity (Wildman–Crippen MR) is 75.4 cm³/mol. The molecule has 0 radical (unpaired) electrons. The molecule has 1 atom stereocenters. The van der Waals surface area contributed by atoms with E-state index in [1.807, 2.05) is 11.9 Å². The average molecular weight is 255 g/mol. The van der Waals surface area contributed by atoms with Gasteiger partial charge in [-0.2, -0.15) is 0 Å². The van der Waals surface area contributed by atoms with E-state index in [0.29, 0.717) is 13.0 Å². The van der Waals surface area contributed by atoms with E-state index in [1.165, 1.54) is 19.3 Å². The molecule has 0 spiro atoms. The van der Waals surface area contributed by atoms with Crippen LogP contribution in [0.25, 0.3) is 0 Å². The molecule has 1 aliphatic rings. The van der Waals surface area contributed by atoms with Gasteiger partial charge in [-0.1, -0.05) is 6.92 Å². The van der Waals surface area contributed by atoms with Crippen molar-refractivity contribution in [3.8, 4) is 0 Å². The smallest absolute Gasteiger partial charge is 0.223 e. The SMILES string of the molecule is CC1CCCN(CCC(=O)N(C)CCCN)CC1. The van der Waals surface area contributed by atoms with Gasteiger partial charge in [0.05, 0.1) is 0 Å². The third-order valence-electron chi connectivity index (χ3n) is 3.87. The maximum Gasteiger partial charge on any atom is 0.223 e. The first-order chi connectivity index (χ1) is 8.63. The summed E-state index contributed by atoms with van der Waals surface area (Å²) in [5.74, 6) is 1.10. The van der Waals surface area contributed by atoms with Crippen LogP contribution in [0.1, 0.15) is 39.0 Å². The Balaban J connectivity index is 2.20. The summed E-state index contributed by atoms with van der Waals surface area (Å²) in [6, 6.07) is 0. The Kier molecular flexibility index (Phi) is 7.28. The molecule has 4 nitrogen and oxygen atoms in total. The van der Waals surface area contributed by atoms with Gasteiger partial charge in [0.1, 0.15) is 0 Å². The summed E-state index contributed by atoms with van der Waals surface area (Å²) < 4.78 is 0. The van der Waals surface area contributed by atoms with Crippen LogP contribution in [0.2, 0.25) is 0 Å². The van der Waals surface area contributed by atoms with Crippen LogP contribution in [0.3, 0.4) is 0 Å². The summed E-state index contributed by atoms with van der Waals surface area (Å²) in [7, 11) is 1.88. The van der Waals surface area contributed by atoms with Crippen LogP contribution in [0.5, 0.6) is 0 Å². The Morgan fingerprint density at radius 1 is 1.39 bits per heavy atom. The molecule has 18 heavy (non-hydrogen) atoms. The second kappa shape index (κ2) is 8.48. The van der Waals surface area contributed by atoms with Gasteiger partial charge in [-0.15, -0.1) is 0 Å². The highest BCUT2D eigenvalue weighted by atomic mass is 16.2. The molecule has 1 rings (SSSR count). The Hall–Kier alpha value is -0.610. The summed E-state index contributed by atoms with van der Waals surface area (Å²) in [5, 5.41) is 0. The molecule has 1 saturated heterocycles. The normalized spacial score (nSPS) is 21.6. The van der Waals surface area contributed by atoms with Crippen molar-refractivity contribution in [1.82, 2.24) is 9.80 Å². The van der Waals surface area contributed by atoms with Gasteiger partial charge in [-0.3, -0.25) is 4.79 Å². The van der Waals surface area contributed by atoms with Gasteiger partial charge in [0.25, 0.3) is 0 Å². The minimum absolute atomic E-state index is 0.251. The van der Waals surface area contributed by atoms with Gasteiger partial charge in [0, 0.05) is 26.6 Å². The van der Waals surface area contributed by atoms with Crippen molar-refractivity contribution in [2.24, 2.45) is 11.7 Å². The molecule has 106 valence electrons. The molecule has 0 aromatic heterocycles. The molecule has 1 fully saturated rings. The molecular formula is C14H29N3O. The third-order valence-corrected chi connectivity index (χ3v) is 3.87. The zero-order valence-corrected chi connectivity index (χ0v) is 12.0. The first-order valence-electron chi connectivity index (χ1n) is 7.30. The van der Waals surface area contributed by atoms with E-state index < -0.39 is 0 Å². The maximum absolute atomic E-state index is 11.9. The molecule has 4 heteroatoms. The topological polar surface area (TPSA) is 49.6 Å². The second-order valence-electron chi connectivity index (χ2n) is 5.59. The van der Waals surface area contributed by atoms with Crippen molar-refractivity contribution < 1.29 is 4.79 Å². The second-order valence-corrected chi connectivity index (χ2v) is 5.59. The van der Waals surface area contributed by atoms with Crippen molar-refractivity contribution >= 4 is 5.91 Å². The largest absolute Gasteiger partial charge is 0.346 e. The highest BCUT2D eigenvalue weighted by Crippen LogP contribution is 2.16. The van der Waals surface area contributed by atoms with Gasteiger partial charge in [-0.05, 0) is 51.2 Å². The minimum atomic E-state index is 0.251. The zero-order chi connectivity index (χ0) is 13.4. The monoisotopic (exact) mass is 255 g/mol. The highest BCUT2D eigenvalue weighted by Gasteiger charge is 2.15. The van der Waals surface area contributed by atoms with Crippen LogP contribution in [0.15, 0.2) is 0 Å². The van der Waals surface area contributed by atoms with E-state index in [1.54, 1.807) is 0 Å². The van der Waals surface area contributed by atoms with Gasteiger partial charge in [-0.25, -0.2) is 0 Å². The van der Waals surface area contributed by atoms with E-state index >= 15 is 0 Å². The Bertz CT molecular complexity index is 245. The number of nitrogens with two attached hydrogens (primary N) is 1. The summed E-state index contributed by atoms with van der Waals surface area (Å²) in [6.45, 7) is 6.99. The van der Waals surface area contributed by atoms with E-state index in [2.05, 4.69) is 11.8 Å². The molecule has 0 aromatic rings. The molecule has 1 aliphatic heterocycles. The van der Waals surface area contributed by atoms with Crippen molar-refractivity contribution in [3.05, 3.63) is 0 Å². The average Bonchev–Trinajstić information content (AvgIpc) is 2.57. The Morgan fingerprint density at radius 2 is 2.17 bits per heavy atom. The van der Waals surface area contributed by atoms with Crippen molar-refractivity contribution in [2.75, 3.05) is 39.8 Å². The molecule has 1 unspecified atom stereocenters. The fraction of sp³-hybridized carbons (Fsp3) is 0.929. The molecule has 0 aliphatic carbocycles. The lowest BCUT2D eigenvalue weighted by Gasteiger charge is -2.22. The quantitative estimate of drug-likeness (QED) is 0.778. The summed E-state index contributed by atoms with van der Waals surface area (Å²) >= 11 is 0.